The van der Waals surface area contributed by atoms with Gasteiger partial charge in [0.1, 0.15) is 22.6 Å². The van der Waals surface area contributed by atoms with E-state index >= 15 is 0 Å². The zero-order chi connectivity index (χ0) is 21.0. The predicted octanol–water partition coefficient (Wildman–Crippen LogP) is 4.49. The molecule has 156 valence electrons. The lowest BCUT2D eigenvalue weighted by molar-refractivity contribution is -0.274. The molecule has 0 atom stereocenters. The molecular weight excluding hydrogens is 415 g/mol. The number of pyridine rings is 1. The van der Waals surface area contributed by atoms with E-state index in [1.807, 2.05) is 4.90 Å². The fraction of sp³-hybridized carbons (Fsp3) is 0.333. The molecule has 0 radical (unpaired) electrons. The number of carbonyl (C=O) groups excluding carboxylic acids is 1. The van der Waals surface area contributed by atoms with Gasteiger partial charge in [-0.25, -0.2) is 9.78 Å². The standard InChI is InChI=1S/C18H17ClF3N3O4/c19-15-14(27-11-1-3-13(4-2-11)29-18(20,21)22)5-8-24-16(15)25-9-6-12(7-10-25)28-17(23)26/h1-5,8,12H,6-7,9-10H2,(H2,23,26). The summed E-state index contributed by atoms with van der Waals surface area (Å²) in [7, 11) is 0. The van der Waals surface area contributed by atoms with Crippen LogP contribution in [0.3, 0.4) is 0 Å². The molecule has 7 nitrogen and oxygen atoms in total. The maximum atomic E-state index is 12.2. The number of rotatable bonds is 5. The summed E-state index contributed by atoms with van der Waals surface area (Å²) in [4.78, 5) is 17.1. The fourth-order valence-electron chi connectivity index (χ4n) is 2.90. The average molecular weight is 432 g/mol. The van der Waals surface area contributed by atoms with Crippen molar-refractivity contribution in [3.8, 4) is 17.2 Å². The Morgan fingerprint density at radius 3 is 2.34 bits per heavy atom. The number of hydrogen-bond donors (Lipinski definition) is 1. The van der Waals surface area contributed by atoms with Crippen LogP contribution in [-0.2, 0) is 4.74 Å². The zero-order valence-electron chi connectivity index (χ0n) is 15.0. The molecule has 1 amide bonds. The highest BCUT2D eigenvalue weighted by Crippen LogP contribution is 2.37. The van der Waals surface area contributed by atoms with Crippen molar-refractivity contribution in [1.82, 2.24) is 4.98 Å². The van der Waals surface area contributed by atoms with Crippen molar-refractivity contribution in [2.24, 2.45) is 5.73 Å². The lowest BCUT2D eigenvalue weighted by Crippen LogP contribution is -2.39. The third kappa shape index (κ3) is 5.80. The van der Waals surface area contributed by atoms with Crippen molar-refractivity contribution in [1.29, 1.82) is 0 Å². The first-order valence-electron chi connectivity index (χ1n) is 8.60. The van der Waals surface area contributed by atoms with Gasteiger partial charge in [0.2, 0.25) is 0 Å². The van der Waals surface area contributed by atoms with Gasteiger partial charge in [-0.05, 0) is 24.3 Å². The molecule has 1 saturated heterocycles. The van der Waals surface area contributed by atoms with Gasteiger partial charge >= 0.3 is 12.5 Å². The van der Waals surface area contributed by atoms with Crippen LogP contribution >= 0.6 is 11.6 Å². The number of alkyl halides is 3. The summed E-state index contributed by atoms with van der Waals surface area (Å²) in [5.41, 5.74) is 5.04. The first kappa shape index (κ1) is 20.8. The number of anilines is 1. The maximum Gasteiger partial charge on any atom is 0.573 e. The number of halogens is 4. The molecule has 11 heteroatoms. The molecule has 1 aliphatic rings. The van der Waals surface area contributed by atoms with E-state index in [1.54, 1.807) is 6.07 Å². The van der Waals surface area contributed by atoms with Crippen LogP contribution in [0.5, 0.6) is 17.2 Å². The largest absolute Gasteiger partial charge is 0.573 e. The highest BCUT2D eigenvalue weighted by molar-refractivity contribution is 6.34. The van der Waals surface area contributed by atoms with E-state index in [1.165, 1.54) is 18.3 Å². The molecule has 29 heavy (non-hydrogen) atoms. The van der Waals surface area contributed by atoms with Gasteiger partial charge < -0.3 is 24.8 Å². The minimum absolute atomic E-state index is 0.251. The zero-order valence-corrected chi connectivity index (χ0v) is 15.7. The molecule has 2 aromatic rings. The molecule has 1 fully saturated rings. The first-order valence-corrected chi connectivity index (χ1v) is 8.98. The number of ether oxygens (including phenoxy) is 3. The number of amides is 1. The van der Waals surface area contributed by atoms with E-state index in [0.717, 1.165) is 12.1 Å². The van der Waals surface area contributed by atoms with Gasteiger partial charge in [-0.1, -0.05) is 11.6 Å². The van der Waals surface area contributed by atoms with Gasteiger partial charge in [0.05, 0.1) is 0 Å². The van der Waals surface area contributed by atoms with Crippen LogP contribution in [0.15, 0.2) is 36.5 Å². The van der Waals surface area contributed by atoms with Crippen LogP contribution in [-0.4, -0.2) is 36.6 Å². The summed E-state index contributed by atoms with van der Waals surface area (Å²) < 4.78 is 51.2. The van der Waals surface area contributed by atoms with Crippen molar-refractivity contribution in [3.05, 3.63) is 41.6 Å². The number of hydrogen-bond acceptors (Lipinski definition) is 6. The SMILES string of the molecule is NC(=O)OC1CCN(c2nccc(Oc3ccc(OC(F)(F)F)cc3)c2Cl)CC1. The Bertz CT molecular complexity index is 856. The van der Waals surface area contributed by atoms with Gasteiger partial charge in [-0.2, -0.15) is 0 Å². The quantitative estimate of drug-likeness (QED) is 0.750. The molecule has 1 aromatic heterocycles. The number of benzene rings is 1. The smallest absolute Gasteiger partial charge is 0.456 e. The van der Waals surface area contributed by atoms with E-state index in [2.05, 4.69) is 9.72 Å². The highest BCUT2D eigenvalue weighted by Gasteiger charge is 2.31. The Morgan fingerprint density at radius 1 is 1.14 bits per heavy atom. The second kappa shape index (κ2) is 8.64. The van der Waals surface area contributed by atoms with Gasteiger partial charge in [-0.3, -0.25) is 0 Å². The molecule has 1 aliphatic heterocycles. The van der Waals surface area contributed by atoms with E-state index in [9.17, 15) is 18.0 Å². The fourth-order valence-corrected chi connectivity index (χ4v) is 3.17. The summed E-state index contributed by atoms with van der Waals surface area (Å²) in [5, 5.41) is 0.261. The second-order valence-electron chi connectivity index (χ2n) is 6.19. The number of aromatic nitrogens is 1. The van der Waals surface area contributed by atoms with Crippen molar-refractivity contribution >= 4 is 23.5 Å². The molecular formula is C18H17ClF3N3O4. The number of nitrogens with two attached hydrogens (primary N) is 1. The van der Waals surface area contributed by atoms with Gasteiger partial charge in [-0.15, -0.1) is 13.2 Å². The Labute approximate surface area is 169 Å². The molecule has 1 aromatic carbocycles. The number of nitrogens with zero attached hydrogens (tertiary/aromatic N) is 2. The third-order valence-electron chi connectivity index (χ3n) is 4.14. The molecule has 3 rings (SSSR count). The van der Waals surface area contributed by atoms with Crippen LogP contribution < -0.4 is 20.1 Å². The molecule has 0 unspecified atom stereocenters. The minimum Gasteiger partial charge on any atom is -0.456 e. The molecule has 2 heterocycles. The number of primary amides is 1. The Balaban J connectivity index is 1.67. The van der Waals surface area contributed by atoms with E-state index in [4.69, 9.17) is 26.8 Å². The topological polar surface area (TPSA) is 86.9 Å². The Hall–Kier alpha value is -2.88. The monoisotopic (exact) mass is 431 g/mol. The summed E-state index contributed by atoms with van der Waals surface area (Å²) >= 11 is 6.42. The number of piperidine rings is 1. The van der Waals surface area contributed by atoms with Crippen molar-refractivity contribution in [2.45, 2.75) is 25.3 Å². The van der Waals surface area contributed by atoms with Gasteiger partial charge in [0.25, 0.3) is 0 Å². The van der Waals surface area contributed by atoms with E-state index < -0.39 is 12.5 Å². The Kier molecular flexibility index (Phi) is 6.21. The van der Waals surface area contributed by atoms with Crippen molar-refractivity contribution in [2.75, 3.05) is 18.0 Å². The minimum atomic E-state index is -4.76. The van der Waals surface area contributed by atoms with Crippen LogP contribution in [0.25, 0.3) is 0 Å². The lowest BCUT2D eigenvalue weighted by atomic mass is 10.1. The molecule has 2 N–H and O–H groups in total. The van der Waals surface area contributed by atoms with Gasteiger partial charge in [0.15, 0.2) is 11.6 Å². The van der Waals surface area contributed by atoms with Crippen molar-refractivity contribution < 1.29 is 32.2 Å². The molecule has 0 aliphatic carbocycles. The highest BCUT2D eigenvalue weighted by atomic mass is 35.5. The molecule has 0 spiro atoms. The third-order valence-corrected chi connectivity index (χ3v) is 4.50. The average Bonchev–Trinajstić information content (AvgIpc) is 2.64. The molecule has 0 bridgehead atoms. The second-order valence-corrected chi connectivity index (χ2v) is 6.57. The summed E-state index contributed by atoms with van der Waals surface area (Å²) in [6, 6.07) is 6.51. The number of carbonyl (C=O) groups is 1. The normalized spacial score (nSPS) is 15.1. The summed E-state index contributed by atoms with van der Waals surface area (Å²) in [6.45, 7) is 1.11. The lowest BCUT2D eigenvalue weighted by Gasteiger charge is -2.32. The predicted molar refractivity (Wildman–Crippen MR) is 98.3 cm³/mol. The Morgan fingerprint density at radius 2 is 1.76 bits per heavy atom. The maximum absolute atomic E-state index is 12.2. The van der Waals surface area contributed by atoms with Crippen molar-refractivity contribution in [3.63, 3.8) is 0 Å². The van der Waals surface area contributed by atoms with E-state index in [-0.39, 0.29) is 22.6 Å². The molecule has 0 saturated carbocycles. The van der Waals surface area contributed by atoms with Crippen LogP contribution in [0.2, 0.25) is 5.02 Å². The van der Waals surface area contributed by atoms with Crippen LogP contribution in [0, 0.1) is 0 Å². The van der Waals surface area contributed by atoms with Crippen LogP contribution in [0.4, 0.5) is 23.8 Å². The summed E-state index contributed by atoms with van der Waals surface area (Å²) in [5.74, 6) is 0.731. The van der Waals surface area contributed by atoms with Gasteiger partial charge in [0, 0.05) is 38.2 Å². The van der Waals surface area contributed by atoms with E-state index in [0.29, 0.717) is 37.5 Å². The summed E-state index contributed by atoms with van der Waals surface area (Å²) in [6.07, 6.45) is -3.15. The first-order chi connectivity index (χ1) is 13.7. The van der Waals surface area contributed by atoms with Crippen LogP contribution in [0.1, 0.15) is 12.8 Å².